The monoisotopic (exact) mass is 357 g/mol. The van der Waals surface area contributed by atoms with Crippen LogP contribution in [0.3, 0.4) is 0 Å². The van der Waals surface area contributed by atoms with Gasteiger partial charge in [0.05, 0.1) is 11.6 Å². The summed E-state index contributed by atoms with van der Waals surface area (Å²) in [5.41, 5.74) is 8.91. The lowest BCUT2D eigenvalue weighted by molar-refractivity contribution is 0.0676. The maximum atomic E-state index is 5.93. The molecule has 130 valence electrons. The summed E-state index contributed by atoms with van der Waals surface area (Å²) in [6.45, 7) is 1.20. The Kier molecular flexibility index (Phi) is 5.79. The summed E-state index contributed by atoms with van der Waals surface area (Å²) in [4.78, 5) is 9.54. The van der Waals surface area contributed by atoms with E-state index in [0.29, 0.717) is 48.7 Å². The van der Waals surface area contributed by atoms with Crippen molar-refractivity contribution in [1.29, 1.82) is 0 Å². The second kappa shape index (κ2) is 8.43. The van der Waals surface area contributed by atoms with Gasteiger partial charge in [-0.2, -0.15) is 12.6 Å². The van der Waals surface area contributed by atoms with E-state index in [0.717, 1.165) is 11.1 Å². The predicted molar refractivity (Wildman–Crippen MR) is 101 cm³/mol. The van der Waals surface area contributed by atoms with Gasteiger partial charge in [0.15, 0.2) is 6.61 Å². The Bertz CT molecular complexity index is 793. The molecule has 0 saturated carbocycles. The minimum absolute atomic E-state index is 0.304. The fourth-order valence-electron chi connectivity index (χ4n) is 2.40. The SMILES string of the molecule is Nc1ccccc1OCc1ccccc1/C(=N\CS)C1=NOCCO1. The molecule has 3 rings (SSSR count). The number of nitrogens with zero attached hydrogens (tertiary/aromatic N) is 2. The van der Waals surface area contributed by atoms with E-state index in [4.69, 9.17) is 20.0 Å². The maximum absolute atomic E-state index is 5.93. The van der Waals surface area contributed by atoms with E-state index < -0.39 is 0 Å². The number of hydrogen-bond acceptors (Lipinski definition) is 7. The fraction of sp³-hybridized carbons (Fsp3) is 0.222. The molecule has 0 radical (unpaired) electrons. The molecule has 0 amide bonds. The lowest BCUT2D eigenvalue weighted by Crippen LogP contribution is -2.26. The Morgan fingerprint density at radius 2 is 1.96 bits per heavy atom. The van der Waals surface area contributed by atoms with Crippen LogP contribution in [0.25, 0.3) is 0 Å². The highest BCUT2D eigenvalue weighted by Crippen LogP contribution is 2.22. The Morgan fingerprint density at radius 3 is 2.72 bits per heavy atom. The van der Waals surface area contributed by atoms with Crippen molar-refractivity contribution in [2.24, 2.45) is 10.1 Å². The summed E-state index contributed by atoms with van der Waals surface area (Å²) >= 11 is 4.20. The molecule has 0 atom stereocenters. The number of benzene rings is 2. The number of oxime groups is 1. The van der Waals surface area contributed by atoms with Crippen molar-refractivity contribution in [3.05, 3.63) is 59.7 Å². The Hall–Kier alpha value is -2.67. The molecule has 2 N–H and O–H groups in total. The highest BCUT2D eigenvalue weighted by Gasteiger charge is 2.20. The van der Waals surface area contributed by atoms with Crippen LogP contribution in [0.5, 0.6) is 5.75 Å². The second-order valence-electron chi connectivity index (χ2n) is 5.21. The van der Waals surface area contributed by atoms with Crippen LogP contribution in [0, 0.1) is 0 Å². The number of aliphatic imine (C=N–C) groups is 1. The molecule has 0 fully saturated rings. The molecule has 0 bridgehead atoms. The normalized spacial score (nSPS) is 14.3. The molecule has 7 heteroatoms. The van der Waals surface area contributed by atoms with Crippen molar-refractivity contribution in [1.82, 2.24) is 0 Å². The zero-order valence-corrected chi connectivity index (χ0v) is 14.5. The van der Waals surface area contributed by atoms with Gasteiger partial charge in [-0.05, 0) is 22.9 Å². The first-order valence-electron chi connectivity index (χ1n) is 7.83. The molecule has 6 nitrogen and oxygen atoms in total. The molecule has 0 saturated heterocycles. The van der Waals surface area contributed by atoms with Gasteiger partial charge in [-0.1, -0.05) is 36.4 Å². The predicted octanol–water partition coefficient (Wildman–Crippen LogP) is 2.88. The van der Waals surface area contributed by atoms with E-state index in [-0.39, 0.29) is 0 Å². The standard InChI is InChI=1S/C18H19N3O3S/c19-15-7-3-4-8-16(15)23-11-13-5-1-2-6-14(13)17(20-12-25)18-21-24-10-9-22-18/h1-8,25H,9-12,19H2/b20-17+. The largest absolute Gasteiger partial charge is 0.487 e. The smallest absolute Gasteiger partial charge is 0.276 e. The lowest BCUT2D eigenvalue weighted by Gasteiger charge is -2.17. The summed E-state index contributed by atoms with van der Waals surface area (Å²) in [6.07, 6.45) is 0. The molecule has 2 aromatic carbocycles. The van der Waals surface area contributed by atoms with Gasteiger partial charge in [0, 0.05) is 5.56 Å². The average molecular weight is 357 g/mol. The summed E-state index contributed by atoms with van der Waals surface area (Å²) in [7, 11) is 0. The number of rotatable bonds is 6. The third-order valence-corrected chi connectivity index (χ3v) is 3.71. The molecule has 2 aromatic rings. The molecule has 0 aromatic heterocycles. The van der Waals surface area contributed by atoms with Crippen molar-refractivity contribution in [2.75, 3.05) is 24.8 Å². The number of para-hydroxylation sites is 2. The molecule has 1 aliphatic rings. The second-order valence-corrected chi connectivity index (χ2v) is 5.49. The summed E-state index contributed by atoms with van der Waals surface area (Å²) < 4.78 is 11.5. The van der Waals surface area contributed by atoms with Crippen LogP contribution in [-0.4, -0.2) is 30.7 Å². The van der Waals surface area contributed by atoms with E-state index >= 15 is 0 Å². The van der Waals surface area contributed by atoms with E-state index in [2.05, 4.69) is 22.8 Å². The van der Waals surface area contributed by atoms with E-state index in [9.17, 15) is 0 Å². The third kappa shape index (κ3) is 4.24. The maximum Gasteiger partial charge on any atom is 0.276 e. The van der Waals surface area contributed by atoms with Crippen molar-refractivity contribution < 1.29 is 14.3 Å². The molecule has 0 unspecified atom stereocenters. The van der Waals surface area contributed by atoms with E-state index in [1.165, 1.54) is 0 Å². The number of anilines is 1. The highest BCUT2D eigenvalue weighted by molar-refractivity contribution is 7.80. The first-order valence-corrected chi connectivity index (χ1v) is 8.47. The van der Waals surface area contributed by atoms with Gasteiger partial charge in [0.1, 0.15) is 24.7 Å². The van der Waals surface area contributed by atoms with E-state index in [1.54, 1.807) is 6.07 Å². The van der Waals surface area contributed by atoms with Crippen LogP contribution in [0.4, 0.5) is 5.69 Å². The van der Waals surface area contributed by atoms with Gasteiger partial charge >= 0.3 is 0 Å². The zero-order valence-electron chi connectivity index (χ0n) is 13.6. The molecule has 0 aliphatic carbocycles. The first kappa shape index (κ1) is 17.2. The van der Waals surface area contributed by atoms with Gasteiger partial charge in [0.25, 0.3) is 5.90 Å². The number of ether oxygens (including phenoxy) is 2. The van der Waals surface area contributed by atoms with Gasteiger partial charge < -0.3 is 20.0 Å². The highest BCUT2D eigenvalue weighted by atomic mass is 32.1. The van der Waals surface area contributed by atoms with Crippen LogP contribution >= 0.6 is 12.6 Å². The van der Waals surface area contributed by atoms with Gasteiger partial charge in [-0.15, -0.1) is 0 Å². The van der Waals surface area contributed by atoms with Crippen LogP contribution in [0.2, 0.25) is 0 Å². The van der Waals surface area contributed by atoms with E-state index in [1.807, 2.05) is 42.5 Å². The van der Waals surface area contributed by atoms with Crippen LogP contribution in [-0.2, 0) is 16.2 Å². The van der Waals surface area contributed by atoms with Gasteiger partial charge in [-0.25, -0.2) is 0 Å². The topological polar surface area (TPSA) is 78.4 Å². The minimum Gasteiger partial charge on any atom is -0.487 e. The fourth-order valence-corrected chi connectivity index (χ4v) is 2.54. The molecule has 25 heavy (non-hydrogen) atoms. The van der Waals surface area contributed by atoms with Crippen molar-refractivity contribution >= 4 is 29.9 Å². The molecule has 1 aliphatic heterocycles. The first-order chi connectivity index (χ1) is 12.3. The van der Waals surface area contributed by atoms with Crippen molar-refractivity contribution in [2.45, 2.75) is 6.61 Å². The molecular formula is C18H19N3O3S. The van der Waals surface area contributed by atoms with Gasteiger partial charge in [0.2, 0.25) is 0 Å². The Balaban J connectivity index is 1.87. The average Bonchev–Trinajstić information content (AvgIpc) is 2.66. The van der Waals surface area contributed by atoms with Gasteiger partial charge in [-0.3, -0.25) is 4.99 Å². The molecule has 0 spiro atoms. The van der Waals surface area contributed by atoms with Crippen LogP contribution < -0.4 is 10.5 Å². The molecular weight excluding hydrogens is 338 g/mol. The summed E-state index contributed by atoms with van der Waals surface area (Å²) in [5.74, 6) is 1.30. The van der Waals surface area contributed by atoms with Crippen molar-refractivity contribution in [3.8, 4) is 5.75 Å². The lowest BCUT2D eigenvalue weighted by atomic mass is 10.0. The van der Waals surface area contributed by atoms with Crippen molar-refractivity contribution in [3.63, 3.8) is 0 Å². The Morgan fingerprint density at radius 1 is 1.16 bits per heavy atom. The number of nitrogen functional groups attached to an aromatic ring is 1. The minimum atomic E-state index is 0.304. The number of thiol groups is 1. The number of hydrogen-bond donors (Lipinski definition) is 2. The van der Waals surface area contributed by atoms with Crippen LogP contribution in [0.15, 0.2) is 58.7 Å². The quantitative estimate of drug-likeness (QED) is 0.473. The Labute approximate surface area is 151 Å². The van der Waals surface area contributed by atoms with Crippen LogP contribution in [0.1, 0.15) is 11.1 Å². The number of nitrogens with two attached hydrogens (primary N) is 1. The summed E-state index contributed by atoms with van der Waals surface area (Å²) in [5, 5.41) is 3.97. The third-order valence-electron chi connectivity index (χ3n) is 3.57. The molecule has 1 heterocycles. The zero-order chi connectivity index (χ0) is 17.5. The summed E-state index contributed by atoms with van der Waals surface area (Å²) in [6, 6.07) is 15.2.